The van der Waals surface area contributed by atoms with E-state index in [0.717, 1.165) is 17.7 Å². The molecule has 1 aromatic rings. The first-order valence-corrected chi connectivity index (χ1v) is 7.63. The predicted molar refractivity (Wildman–Crippen MR) is 83.4 cm³/mol. The Balaban J connectivity index is 2.21. The van der Waals surface area contributed by atoms with Crippen LogP contribution in [0.1, 0.15) is 38.3 Å². The number of nitrogens with one attached hydrogen (secondary N) is 1. The average Bonchev–Trinajstić information content (AvgIpc) is 2.55. The van der Waals surface area contributed by atoms with Crippen LogP contribution in [0.15, 0.2) is 35.7 Å². The van der Waals surface area contributed by atoms with E-state index in [0.29, 0.717) is 31.1 Å². The summed E-state index contributed by atoms with van der Waals surface area (Å²) in [6.45, 7) is 4.55. The Kier molecular flexibility index (Phi) is 5.69. The summed E-state index contributed by atoms with van der Waals surface area (Å²) in [7, 11) is 1.65. The van der Waals surface area contributed by atoms with Crippen molar-refractivity contribution in [3.05, 3.63) is 41.3 Å². The first-order chi connectivity index (χ1) is 10.7. The summed E-state index contributed by atoms with van der Waals surface area (Å²) in [6.07, 6.45) is 1.43. The molecular weight excluding hydrogens is 282 g/mol. The van der Waals surface area contributed by atoms with Crippen LogP contribution in [0.25, 0.3) is 0 Å². The van der Waals surface area contributed by atoms with E-state index in [9.17, 15) is 4.79 Å². The molecule has 0 amide bonds. The van der Waals surface area contributed by atoms with Crippen LogP contribution in [0.2, 0.25) is 0 Å². The highest BCUT2D eigenvalue weighted by atomic mass is 16.5. The Morgan fingerprint density at radius 2 is 2.14 bits per heavy atom. The SMILES string of the molecule is CCOC(=O)C1=C(OCC)N[C@@H](c2cccc(OC)c2)CC1. The summed E-state index contributed by atoms with van der Waals surface area (Å²) in [5, 5.41) is 3.31. The molecule has 1 N–H and O–H groups in total. The molecular formula is C17H23NO4. The number of hydrogen-bond donors (Lipinski definition) is 1. The molecule has 1 atom stereocenters. The van der Waals surface area contributed by atoms with Crippen molar-refractivity contribution in [3.8, 4) is 5.75 Å². The second-order valence-corrected chi connectivity index (χ2v) is 4.97. The van der Waals surface area contributed by atoms with Crippen LogP contribution in [-0.4, -0.2) is 26.3 Å². The third-order valence-corrected chi connectivity index (χ3v) is 3.57. The van der Waals surface area contributed by atoms with Crippen molar-refractivity contribution in [2.45, 2.75) is 32.7 Å². The van der Waals surface area contributed by atoms with Crippen LogP contribution in [0.5, 0.6) is 5.75 Å². The van der Waals surface area contributed by atoms with Gasteiger partial charge < -0.3 is 19.5 Å². The maximum atomic E-state index is 12.0. The lowest BCUT2D eigenvalue weighted by Gasteiger charge is -2.28. The molecule has 0 unspecified atom stereocenters. The van der Waals surface area contributed by atoms with Crippen LogP contribution in [0, 0.1) is 0 Å². The molecule has 0 saturated carbocycles. The summed E-state index contributed by atoms with van der Waals surface area (Å²) in [6, 6.07) is 8.00. The van der Waals surface area contributed by atoms with E-state index in [1.807, 2.05) is 31.2 Å². The van der Waals surface area contributed by atoms with E-state index in [1.54, 1.807) is 14.0 Å². The summed E-state index contributed by atoms with van der Waals surface area (Å²) in [5.74, 6) is 1.04. The van der Waals surface area contributed by atoms with Crippen molar-refractivity contribution in [2.24, 2.45) is 0 Å². The van der Waals surface area contributed by atoms with Crippen molar-refractivity contribution in [1.29, 1.82) is 0 Å². The van der Waals surface area contributed by atoms with Gasteiger partial charge in [0.1, 0.15) is 5.75 Å². The molecule has 0 radical (unpaired) electrons. The van der Waals surface area contributed by atoms with E-state index in [2.05, 4.69) is 5.32 Å². The molecule has 120 valence electrons. The molecule has 0 spiro atoms. The summed E-state index contributed by atoms with van der Waals surface area (Å²) in [5.41, 5.74) is 1.70. The van der Waals surface area contributed by atoms with E-state index in [4.69, 9.17) is 14.2 Å². The minimum atomic E-state index is -0.303. The highest BCUT2D eigenvalue weighted by Gasteiger charge is 2.27. The van der Waals surface area contributed by atoms with Gasteiger partial charge in [0.15, 0.2) is 5.88 Å². The molecule has 0 aliphatic carbocycles. The van der Waals surface area contributed by atoms with E-state index in [-0.39, 0.29) is 12.0 Å². The molecule has 1 aliphatic rings. The zero-order valence-corrected chi connectivity index (χ0v) is 13.3. The fourth-order valence-corrected chi connectivity index (χ4v) is 2.51. The topological polar surface area (TPSA) is 56.8 Å². The zero-order chi connectivity index (χ0) is 15.9. The molecule has 5 nitrogen and oxygen atoms in total. The van der Waals surface area contributed by atoms with Crippen LogP contribution in [0.4, 0.5) is 0 Å². The minimum absolute atomic E-state index is 0.0924. The van der Waals surface area contributed by atoms with Crippen LogP contribution < -0.4 is 10.1 Å². The van der Waals surface area contributed by atoms with Crippen molar-refractivity contribution < 1.29 is 19.0 Å². The molecule has 0 saturated heterocycles. The van der Waals surface area contributed by atoms with Gasteiger partial charge in [-0.05, 0) is 44.4 Å². The summed E-state index contributed by atoms with van der Waals surface area (Å²) < 4.78 is 16.0. The minimum Gasteiger partial charge on any atom is -0.497 e. The molecule has 1 heterocycles. The van der Waals surface area contributed by atoms with Crippen LogP contribution >= 0.6 is 0 Å². The zero-order valence-electron chi connectivity index (χ0n) is 13.3. The van der Waals surface area contributed by atoms with Gasteiger partial charge in [-0.15, -0.1) is 0 Å². The first-order valence-electron chi connectivity index (χ1n) is 7.63. The second kappa shape index (κ2) is 7.73. The van der Waals surface area contributed by atoms with Crippen molar-refractivity contribution in [2.75, 3.05) is 20.3 Å². The number of methoxy groups -OCH3 is 1. The summed E-state index contributed by atoms with van der Waals surface area (Å²) in [4.78, 5) is 12.0. The van der Waals surface area contributed by atoms with Gasteiger partial charge >= 0.3 is 5.97 Å². The molecule has 0 aromatic heterocycles. The van der Waals surface area contributed by atoms with Gasteiger partial charge in [0.05, 0.1) is 31.9 Å². The molecule has 1 aromatic carbocycles. The Morgan fingerprint density at radius 1 is 1.32 bits per heavy atom. The number of carbonyl (C=O) groups is 1. The Morgan fingerprint density at radius 3 is 2.82 bits per heavy atom. The van der Waals surface area contributed by atoms with E-state index in [1.165, 1.54) is 0 Å². The largest absolute Gasteiger partial charge is 0.497 e. The van der Waals surface area contributed by atoms with Crippen LogP contribution in [0.3, 0.4) is 0 Å². The highest BCUT2D eigenvalue weighted by Crippen LogP contribution is 2.30. The number of benzene rings is 1. The van der Waals surface area contributed by atoms with Gasteiger partial charge in [-0.1, -0.05) is 12.1 Å². The normalized spacial score (nSPS) is 17.7. The third kappa shape index (κ3) is 3.72. The molecule has 0 fully saturated rings. The summed E-state index contributed by atoms with van der Waals surface area (Å²) >= 11 is 0. The third-order valence-electron chi connectivity index (χ3n) is 3.57. The van der Waals surface area contributed by atoms with Gasteiger partial charge in [-0.25, -0.2) is 4.79 Å². The van der Waals surface area contributed by atoms with Crippen molar-refractivity contribution in [1.82, 2.24) is 5.32 Å². The standard InChI is InChI=1S/C17H23NO4/c1-4-21-16-14(17(19)22-5-2)9-10-15(18-16)12-7-6-8-13(11-12)20-3/h6-8,11,15,18H,4-5,9-10H2,1-3H3/t15-/m1/s1. The van der Waals surface area contributed by atoms with Crippen molar-refractivity contribution >= 4 is 5.97 Å². The molecule has 2 rings (SSSR count). The Hall–Kier alpha value is -2.17. The molecule has 0 bridgehead atoms. The fraction of sp³-hybridized carbons (Fsp3) is 0.471. The van der Waals surface area contributed by atoms with Gasteiger partial charge in [-0.2, -0.15) is 0 Å². The molecule has 22 heavy (non-hydrogen) atoms. The van der Waals surface area contributed by atoms with Gasteiger partial charge in [0.25, 0.3) is 0 Å². The molecule has 5 heteroatoms. The Bertz CT molecular complexity index is 553. The lowest BCUT2D eigenvalue weighted by molar-refractivity contribution is -0.139. The van der Waals surface area contributed by atoms with E-state index >= 15 is 0 Å². The smallest absolute Gasteiger partial charge is 0.339 e. The highest BCUT2D eigenvalue weighted by molar-refractivity contribution is 5.89. The first kappa shape index (κ1) is 16.2. The lowest BCUT2D eigenvalue weighted by atomic mass is 9.95. The number of ether oxygens (including phenoxy) is 3. The maximum absolute atomic E-state index is 12.0. The van der Waals surface area contributed by atoms with Crippen molar-refractivity contribution in [3.63, 3.8) is 0 Å². The number of rotatable bonds is 6. The number of carbonyl (C=O) groups excluding carboxylic acids is 1. The lowest BCUT2D eigenvalue weighted by Crippen LogP contribution is -2.30. The van der Waals surface area contributed by atoms with Gasteiger partial charge in [0.2, 0.25) is 0 Å². The van der Waals surface area contributed by atoms with Gasteiger partial charge in [0, 0.05) is 0 Å². The molecule has 1 aliphatic heterocycles. The maximum Gasteiger partial charge on any atom is 0.339 e. The van der Waals surface area contributed by atoms with Gasteiger partial charge in [-0.3, -0.25) is 0 Å². The monoisotopic (exact) mass is 305 g/mol. The van der Waals surface area contributed by atoms with E-state index < -0.39 is 0 Å². The second-order valence-electron chi connectivity index (χ2n) is 4.97. The number of esters is 1. The van der Waals surface area contributed by atoms with Crippen LogP contribution in [-0.2, 0) is 14.3 Å². The average molecular weight is 305 g/mol. The Labute approximate surface area is 131 Å². The quantitative estimate of drug-likeness (QED) is 0.819. The fourth-order valence-electron chi connectivity index (χ4n) is 2.51. The number of hydrogen-bond acceptors (Lipinski definition) is 5. The predicted octanol–water partition coefficient (Wildman–Crippen LogP) is 2.93.